The molecule has 19 heavy (non-hydrogen) atoms. The molecule has 0 bridgehead atoms. The Kier molecular flexibility index (Phi) is 5.04. The lowest BCUT2D eigenvalue weighted by Gasteiger charge is -2.17. The fourth-order valence-corrected chi connectivity index (χ4v) is 3.00. The molecule has 0 aliphatic heterocycles. The molecule has 1 unspecified atom stereocenters. The van der Waals surface area contributed by atoms with Crippen LogP contribution in [0.4, 0.5) is 11.6 Å². The Morgan fingerprint density at radius 3 is 2.74 bits per heavy atom. The lowest BCUT2D eigenvalue weighted by Crippen LogP contribution is -2.10. The van der Waals surface area contributed by atoms with E-state index in [9.17, 15) is 0 Å². The molecule has 0 saturated heterocycles. The van der Waals surface area contributed by atoms with Crippen LogP contribution in [0.15, 0.2) is 28.7 Å². The van der Waals surface area contributed by atoms with E-state index in [1.54, 1.807) is 23.1 Å². The molecule has 6 heteroatoms. The minimum atomic E-state index is 0.300. The van der Waals surface area contributed by atoms with Gasteiger partial charge in [0.1, 0.15) is 11.6 Å². The third-order valence-electron chi connectivity index (χ3n) is 2.76. The Hall–Kier alpha value is -1.27. The average molecular weight is 294 g/mol. The van der Waals surface area contributed by atoms with Gasteiger partial charge >= 0.3 is 0 Å². The zero-order valence-corrected chi connectivity index (χ0v) is 12.9. The van der Waals surface area contributed by atoms with Gasteiger partial charge in [-0.15, -0.1) is 11.3 Å². The molecular formula is C13H18N4S2. The third kappa shape index (κ3) is 3.61. The highest BCUT2D eigenvalue weighted by Crippen LogP contribution is 2.27. The molecule has 0 aliphatic rings. The van der Waals surface area contributed by atoms with Crippen molar-refractivity contribution in [3.8, 4) is 0 Å². The van der Waals surface area contributed by atoms with Crippen molar-refractivity contribution >= 4 is 34.7 Å². The van der Waals surface area contributed by atoms with Crippen LogP contribution in [-0.2, 0) is 0 Å². The van der Waals surface area contributed by atoms with Gasteiger partial charge in [-0.1, -0.05) is 24.8 Å². The standard InChI is InChI=1S/C13H18N4S2/c1-4-9(10-6-5-7-19-10)15-12-8-11(14-2)16-13(17-12)18-3/h5-9H,4H2,1-3H3,(H2,14,15,16,17). The zero-order valence-electron chi connectivity index (χ0n) is 11.3. The van der Waals surface area contributed by atoms with Crippen molar-refractivity contribution < 1.29 is 0 Å². The summed E-state index contributed by atoms with van der Waals surface area (Å²) >= 11 is 3.31. The van der Waals surface area contributed by atoms with Gasteiger partial charge in [0.2, 0.25) is 0 Å². The molecule has 1 atom stereocenters. The van der Waals surface area contributed by atoms with Crippen LogP contribution in [0.2, 0.25) is 0 Å². The summed E-state index contributed by atoms with van der Waals surface area (Å²) in [5.74, 6) is 1.70. The predicted molar refractivity (Wildman–Crippen MR) is 84.3 cm³/mol. The number of thiophene rings is 1. The van der Waals surface area contributed by atoms with Gasteiger partial charge in [-0.2, -0.15) is 0 Å². The van der Waals surface area contributed by atoms with Crippen molar-refractivity contribution in [2.75, 3.05) is 23.9 Å². The first-order valence-corrected chi connectivity index (χ1v) is 8.28. The van der Waals surface area contributed by atoms with Gasteiger partial charge < -0.3 is 10.6 Å². The molecule has 0 amide bonds. The number of anilines is 2. The minimum Gasteiger partial charge on any atom is -0.373 e. The van der Waals surface area contributed by atoms with Gasteiger partial charge in [0.25, 0.3) is 0 Å². The van der Waals surface area contributed by atoms with E-state index in [1.165, 1.54) is 4.88 Å². The molecule has 2 rings (SSSR count). The van der Waals surface area contributed by atoms with Gasteiger partial charge in [-0.3, -0.25) is 0 Å². The molecule has 2 heterocycles. The molecule has 2 aromatic rings. The second-order valence-corrected chi connectivity index (χ2v) is 5.75. The number of rotatable bonds is 6. The van der Waals surface area contributed by atoms with Crippen LogP contribution >= 0.6 is 23.1 Å². The van der Waals surface area contributed by atoms with Crippen LogP contribution in [0.5, 0.6) is 0 Å². The Balaban J connectivity index is 2.21. The molecule has 0 spiro atoms. The molecule has 0 saturated carbocycles. The molecule has 4 nitrogen and oxygen atoms in total. The van der Waals surface area contributed by atoms with E-state index in [4.69, 9.17) is 0 Å². The van der Waals surface area contributed by atoms with E-state index in [0.717, 1.165) is 23.2 Å². The average Bonchev–Trinajstić information content (AvgIpc) is 2.98. The van der Waals surface area contributed by atoms with Crippen molar-refractivity contribution in [2.24, 2.45) is 0 Å². The van der Waals surface area contributed by atoms with Crippen LogP contribution < -0.4 is 10.6 Å². The molecule has 0 aromatic carbocycles. The number of thioether (sulfide) groups is 1. The van der Waals surface area contributed by atoms with E-state index in [0.29, 0.717) is 6.04 Å². The second kappa shape index (κ2) is 6.77. The van der Waals surface area contributed by atoms with Gasteiger partial charge in [-0.05, 0) is 24.1 Å². The van der Waals surface area contributed by atoms with Gasteiger partial charge in [0, 0.05) is 18.0 Å². The first-order valence-electron chi connectivity index (χ1n) is 6.17. The largest absolute Gasteiger partial charge is 0.373 e. The van der Waals surface area contributed by atoms with Gasteiger partial charge in [0.05, 0.1) is 6.04 Å². The van der Waals surface area contributed by atoms with E-state index in [1.807, 2.05) is 19.4 Å². The number of hydrogen-bond acceptors (Lipinski definition) is 6. The van der Waals surface area contributed by atoms with E-state index in [-0.39, 0.29) is 0 Å². The minimum absolute atomic E-state index is 0.300. The Morgan fingerprint density at radius 2 is 2.16 bits per heavy atom. The fourth-order valence-electron chi connectivity index (χ4n) is 1.76. The molecule has 2 N–H and O–H groups in total. The summed E-state index contributed by atoms with van der Waals surface area (Å²) < 4.78 is 0. The monoisotopic (exact) mass is 294 g/mol. The first-order chi connectivity index (χ1) is 9.26. The predicted octanol–water partition coefficient (Wildman–Crippen LogP) is 3.86. The smallest absolute Gasteiger partial charge is 0.191 e. The highest BCUT2D eigenvalue weighted by atomic mass is 32.2. The van der Waals surface area contributed by atoms with Crippen LogP contribution in [0.3, 0.4) is 0 Å². The fraction of sp³-hybridized carbons (Fsp3) is 0.385. The lowest BCUT2D eigenvalue weighted by molar-refractivity contribution is 0.754. The topological polar surface area (TPSA) is 49.8 Å². The molecular weight excluding hydrogens is 276 g/mol. The molecule has 0 aliphatic carbocycles. The van der Waals surface area contributed by atoms with E-state index < -0.39 is 0 Å². The summed E-state index contributed by atoms with van der Waals surface area (Å²) in [5, 5.41) is 9.43. The van der Waals surface area contributed by atoms with Crippen molar-refractivity contribution in [3.63, 3.8) is 0 Å². The number of aromatic nitrogens is 2. The van der Waals surface area contributed by atoms with Crippen LogP contribution in [-0.4, -0.2) is 23.3 Å². The first kappa shape index (κ1) is 14.1. The summed E-state index contributed by atoms with van der Waals surface area (Å²) in [6.07, 6.45) is 3.00. The van der Waals surface area contributed by atoms with E-state index >= 15 is 0 Å². The van der Waals surface area contributed by atoms with Crippen molar-refractivity contribution in [1.82, 2.24) is 9.97 Å². The van der Waals surface area contributed by atoms with Crippen molar-refractivity contribution in [2.45, 2.75) is 24.5 Å². The van der Waals surface area contributed by atoms with Crippen LogP contribution in [0, 0.1) is 0 Å². The number of hydrogen-bond donors (Lipinski definition) is 2. The van der Waals surface area contributed by atoms with Crippen molar-refractivity contribution in [3.05, 3.63) is 28.5 Å². The maximum absolute atomic E-state index is 4.50. The van der Waals surface area contributed by atoms with Gasteiger partial charge in [0.15, 0.2) is 5.16 Å². The second-order valence-electron chi connectivity index (χ2n) is 4.00. The summed E-state index contributed by atoms with van der Waals surface area (Å²) in [5.41, 5.74) is 0. The Morgan fingerprint density at radius 1 is 1.37 bits per heavy atom. The van der Waals surface area contributed by atoms with E-state index in [2.05, 4.69) is 45.0 Å². The zero-order chi connectivity index (χ0) is 13.7. The molecule has 2 aromatic heterocycles. The molecule has 0 radical (unpaired) electrons. The maximum atomic E-state index is 4.50. The molecule has 102 valence electrons. The number of nitrogens with zero attached hydrogens (tertiary/aromatic N) is 2. The van der Waals surface area contributed by atoms with Crippen LogP contribution in [0.1, 0.15) is 24.3 Å². The summed E-state index contributed by atoms with van der Waals surface area (Å²) in [7, 11) is 1.87. The summed E-state index contributed by atoms with van der Waals surface area (Å²) in [4.78, 5) is 10.2. The lowest BCUT2D eigenvalue weighted by atomic mass is 10.2. The highest BCUT2D eigenvalue weighted by molar-refractivity contribution is 7.98. The summed E-state index contributed by atoms with van der Waals surface area (Å²) in [6, 6.07) is 6.48. The number of nitrogens with one attached hydrogen (secondary N) is 2. The maximum Gasteiger partial charge on any atom is 0.191 e. The van der Waals surface area contributed by atoms with Gasteiger partial charge in [-0.25, -0.2) is 9.97 Å². The Bertz CT molecular complexity index is 491. The third-order valence-corrected chi connectivity index (χ3v) is 4.30. The summed E-state index contributed by atoms with van der Waals surface area (Å²) in [6.45, 7) is 2.17. The van der Waals surface area contributed by atoms with Crippen molar-refractivity contribution in [1.29, 1.82) is 0 Å². The quantitative estimate of drug-likeness (QED) is 0.626. The SMILES string of the molecule is CCC(Nc1cc(NC)nc(SC)n1)c1cccs1. The van der Waals surface area contributed by atoms with Crippen LogP contribution in [0.25, 0.3) is 0 Å². The Labute approximate surface area is 122 Å². The highest BCUT2D eigenvalue weighted by Gasteiger charge is 2.12. The normalized spacial score (nSPS) is 12.2. The molecule has 0 fully saturated rings.